The second-order valence-corrected chi connectivity index (χ2v) is 8.91. The summed E-state index contributed by atoms with van der Waals surface area (Å²) in [5.41, 5.74) is 2.84. The third-order valence-corrected chi connectivity index (χ3v) is 5.89. The van der Waals surface area contributed by atoms with E-state index in [-0.39, 0.29) is 29.0 Å². The van der Waals surface area contributed by atoms with Crippen molar-refractivity contribution in [3.8, 4) is 11.5 Å². The van der Waals surface area contributed by atoms with Gasteiger partial charge in [0.2, 0.25) is 11.8 Å². The van der Waals surface area contributed by atoms with E-state index < -0.39 is 15.7 Å². The van der Waals surface area contributed by atoms with Gasteiger partial charge in [0.25, 0.3) is 0 Å². The average Bonchev–Trinajstić information content (AvgIpc) is 3.08. The second-order valence-electron chi connectivity index (χ2n) is 6.36. The second kappa shape index (κ2) is 8.12. The van der Waals surface area contributed by atoms with Crippen LogP contribution in [0, 0.1) is 13.8 Å². The van der Waals surface area contributed by atoms with E-state index in [0.29, 0.717) is 5.02 Å². The Morgan fingerprint density at radius 2 is 1.71 bits per heavy atom. The van der Waals surface area contributed by atoms with Crippen LogP contribution in [0.2, 0.25) is 5.02 Å². The first-order valence-corrected chi connectivity index (χ1v) is 10.5. The topological polar surface area (TPSA) is 102 Å². The third-order valence-electron chi connectivity index (χ3n) is 3.91. The molecule has 7 nitrogen and oxygen atoms in total. The zero-order valence-electron chi connectivity index (χ0n) is 15.3. The fraction of sp³-hybridized carbons (Fsp3) is 0.211. The average molecular weight is 420 g/mol. The van der Waals surface area contributed by atoms with Crippen LogP contribution >= 0.6 is 11.6 Å². The van der Waals surface area contributed by atoms with Crippen molar-refractivity contribution in [1.29, 1.82) is 0 Å². The predicted molar refractivity (Wildman–Crippen MR) is 106 cm³/mol. The van der Waals surface area contributed by atoms with Crippen LogP contribution in [0.15, 0.2) is 51.8 Å². The number of aryl methyl sites for hydroxylation is 2. The van der Waals surface area contributed by atoms with Crippen LogP contribution in [0.3, 0.4) is 0 Å². The third kappa shape index (κ3) is 4.96. The Bertz CT molecular complexity index is 1090. The number of nitrogens with zero attached hydrogens (tertiary/aromatic N) is 2. The molecule has 1 N–H and O–H groups in total. The summed E-state index contributed by atoms with van der Waals surface area (Å²) in [6.45, 7) is 3.91. The number of benzene rings is 2. The van der Waals surface area contributed by atoms with E-state index in [1.807, 2.05) is 32.0 Å². The van der Waals surface area contributed by atoms with Gasteiger partial charge in [-0.25, -0.2) is 8.42 Å². The van der Waals surface area contributed by atoms with E-state index in [0.717, 1.165) is 16.7 Å². The van der Waals surface area contributed by atoms with Crippen molar-refractivity contribution in [2.75, 3.05) is 11.1 Å². The lowest BCUT2D eigenvalue weighted by atomic mass is 10.1. The minimum Gasteiger partial charge on any atom is -0.403 e. The van der Waals surface area contributed by atoms with Crippen molar-refractivity contribution >= 4 is 33.4 Å². The molecule has 0 aliphatic heterocycles. The zero-order valence-corrected chi connectivity index (χ0v) is 16.8. The molecular weight excluding hydrogens is 402 g/mol. The lowest BCUT2D eigenvalue weighted by molar-refractivity contribution is -0.115. The number of anilines is 1. The number of carbonyl (C=O) groups is 1. The molecule has 0 aliphatic rings. The van der Waals surface area contributed by atoms with Crippen LogP contribution in [0.1, 0.15) is 17.5 Å². The van der Waals surface area contributed by atoms with Gasteiger partial charge in [0.15, 0.2) is 9.84 Å². The highest BCUT2D eigenvalue weighted by atomic mass is 35.5. The molecule has 1 amide bonds. The summed E-state index contributed by atoms with van der Waals surface area (Å²) in [6.07, 6.45) is -0.244. The molecule has 9 heteroatoms. The van der Waals surface area contributed by atoms with Gasteiger partial charge in [-0.2, -0.15) is 0 Å². The van der Waals surface area contributed by atoms with Crippen LogP contribution in [0.25, 0.3) is 11.5 Å². The number of rotatable bonds is 6. The van der Waals surface area contributed by atoms with E-state index in [1.54, 1.807) is 0 Å². The Morgan fingerprint density at radius 1 is 1.07 bits per heavy atom. The van der Waals surface area contributed by atoms with E-state index in [2.05, 4.69) is 15.5 Å². The maximum absolute atomic E-state index is 12.3. The summed E-state index contributed by atoms with van der Waals surface area (Å²) in [4.78, 5) is 12.2. The Labute approximate surface area is 167 Å². The Morgan fingerprint density at radius 3 is 2.36 bits per heavy atom. The summed E-state index contributed by atoms with van der Waals surface area (Å²) in [6, 6.07) is 11.5. The molecule has 0 saturated heterocycles. The molecule has 1 aromatic heterocycles. The quantitative estimate of drug-likeness (QED) is 0.651. The van der Waals surface area contributed by atoms with Gasteiger partial charge in [0, 0.05) is 17.0 Å². The van der Waals surface area contributed by atoms with Gasteiger partial charge in [-0.05, 0) is 50.2 Å². The lowest BCUT2D eigenvalue weighted by Gasteiger charge is -2.04. The van der Waals surface area contributed by atoms with E-state index in [4.69, 9.17) is 16.0 Å². The van der Waals surface area contributed by atoms with Crippen molar-refractivity contribution in [3.05, 3.63) is 58.6 Å². The number of amides is 1. The van der Waals surface area contributed by atoms with Gasteiger partial charge in [-0.3, -0.25) is 10.1 Å². The number of sulfone groups is 1. The van der Waals surface area contributed by atoms with Gasteiger partial charge in [0.1, 0.15) is 0 Å². The lowest BCUT2D eigenvalue weighted by Crippen LogP contribution is -2.17. The van der Waals surface area contributed by atoms with Crippen LogP contribution in [0.4, 0.5) is 6.01 Å². The molecule has 146 valence electrons. The van der Waals surface area contributed by atoms with Crippen molar-refractivity contribution in [2.24, 2.45) is 0 Å². The maximum atomic E-state index is 12.3. The number of carbonyl (C=O) groups excluding carboxylic acids is 1. The van der Waals surface area contributed by atoms with Gasteiger partial charge in [-0.1, -0.05) is 33.9 Å². The van der Waals surface area contributed by atoms with Crippen molar-refractivity contribution in [2.45, 2.75) is 25.2 Å². The molecule has 0 aliphatic carbocycles. The Kier molecular flexibility index (Phi) is 5.81. The summed E-state index contributed by atoms with van der Waals surface area (Å²) in [5, 5.41) is 10.6. The molecule has 28 heavy (non-hydrogen) atoms. The molecule has 0 saturated carbocycles. The summed E-state index contributed by atoms with van der Waals surface area (Å²) >= 11 is 5.76. The summed E-state index contributed by atoms with van der Waals surface area (Å²) < 4.78 is 30.0. The van der Waals surface area contributed by atoms with Crippen molar-refractivity contribution < 1.29 is 17.6 Å². The van der Waals surface area contributed by atoms with Gasteiger partial charge in [-0.15, -0.1) is 5.10 Å². The highest BCUT2D eigenvalue weighted by molar-refractivity contribution is 7.91. The van der Waals surface area contributed by atoms with E-state index >= 15 is 0 Å². The standard InChI is InChI=1S/C19H18ClN3O4S/c1-12-9-13(2)11-14(10-12)18-22-23-19(27-18)21-17(24)7-8-28(25,26)16-5-3-15(20)4-6-16/h3-6,9-11H,7-8H2,1-2H3,(H,21,23,24). The van der Waals surface area contributed by atoms with E-state index in [9.17, 15) is 13.2 Å². The van der Waals surface area contributed by atoms with Crippen molar-refractivity contribution in [1.82, 2.24) is 10.2 Å². The normalized spacial score (nSPS) is 11.4. The minimum absolute atomic E-state index is 0.0805. The fourth-order valence-corrected chi connectivity index (χ4v) is 4.02. The van der Waals surface area contributed by atoms with Crippen LogP contribution in [-0.4, -0.2) is 30.3 Å². The van der Waals surface area contributed by atoms with Gasteiger partial charge in [0.05, 0.1) is 10.6 Å². The largest absolute Gasteiger partial charge is 0.403 e. The number of halogens is 1. The maximum Gasteiger partial charge on any atom is 0.322 e. The first kappa shape index (κ1) is 20.0. The molecular formula is C19H18ClN3O4S. The van der Waals surface area contributed by atoms with E-state index in [1.165, 1.54) is 24.3 Å². The van der Waals surface area contributed by atoms with Crippen molar-refractivity contribution in [3.63, 3.8) is 0 Å². The molecule has 0 spiro atoms. The van der Waals surface area contributed by atoms with Crippen LogP contribution in [-0.2, 0) is 14.6 Å². The molecule has 3 aromatic rings. The first-order valence-electron chi connectivity index (χ1n) is 8.43. The molecule has 0 unspecified atom stereocenters. The molecule has 1 heterocycles. The molecule has 0 radical (unpaired) electrons. The molecule has 2 aromatic carbocycles. The van der Waals surface area contributed by atoms with Crippen LogP contribution < -0.4 is 5.32 Å². The highest BCUT2D eigenvalue weighted by Gasteiger charge is 2.18. The number of nitrogens with one attached hydrogen (secondary N) is 1. The Balaban J connectivity index is 1.62. The predicted octanol–water partition coefficient (Wildman–Crippen LogP) is 3.81. The molecule has 0 fully saturated rings. The summed E-state index contributed by atoms with van der Waals surface area (Å²) in [7, 11) is -3.60. The molecule has 0 bridgehead atoms. The van der Waals surface area contributed by atoms with Crippen LogP contribution in [0.5, 0.6) is 0 Å². The SMILES string of the molecule is Cc1cc(C)cc(-c2nnc(NC(=O)CCS(=O)(=O)c3ccc(Cl)cc3)o2)c1. The molecule has 3 rings (SSSR count). The summed E-state index contributed by atoms with van der Waals surface area (Å²) in [5.74, 6) is -0.609. The minimum atomic E-state index is -3.60. The smallest absolute Gasteiger partial charge is 0.322 e. The monoisotopic (exact) mass is 419 g/mol. The molecule has 0 atom stereocenters. The fourth-order valence-electron chi connectivity index (χ4n) is 2.66. The number of hydrogen-bond donors (Lipinski definition) is 1. The highest BCUT2D eigenvalue weighted by Crippen LogP contribution is 2.22. The zero-order chi connectivity index (χ0) is 20.3. The van der Waals surface area contributed by atoms with Gasteiger partial charge >= 0.3 is 6.01 Å². The first-order chi connectivity index (χ1) is 13.2. The number of hydrogen-bond acceptors (Lipinski definition) is 6. The Hall–Kier alpha value is -2.71. The van der Waals surface area contributed by atoms with Gasteiger partial charge < -0.3 is 4.42 Å². The number of aromatic nitrogens is 2.